The van der Waals surface area contributed by atoms with Crippen molar-refractivity contribution in [2.75, 3.05) is 43.2 Å². The molecule has 37 heavy (non-hydrogen) atoms. The van der Waals surface area contributed by atoms with Gasteiger partial charge in [0.15, 0.2) is 0 Å². The minimum atomic E-state index is -0.658. The van der Waals surface area contributed by atoms with Gasteiger partial charge in [-0.3, -0.25) is 10.0 Å². The topological polar surface area (TPSA) is 137 Å². The monoisotopic (exact) mass is 521 g/mol. The average molecular weight is 522 g/mol. The molecule has 1 fully saturated rings. The molecular formula is C25H27N7O4S. The number of hydroxylamine groups is 1. The van der Waals surface area contributed by atoms with Crippen molar-refractivity contribution in [2.45, 2.75) is 19.1 Å². The van der Waals surface area contributed by atoms with Crippen LogP contribution in [0, 0.1) is 0 Å². The minimum Gasteiger partial charge on any atom is -0.396 e. The lowest BCUT2D eigenvalue weighted by atomic mass is 10.0. The van der Waals surface area contributed by atoms with Crippen molar-refractivity contribution >= 4 is 39.4 Å². The van der Waals surface area contributed by atoms with Crippen LogP contribution in [0.2, 0.25) is 0 Å². The Morgan fingerprint density at radius 3 is 2.86 bits per heavy atom. The summed E-state index contributed by atoms with van der Waals surface area (Å²) in [5.41, 5.74) is 4.80. The number of fused-ring (bicyclic) bond motifs is 1. The van der Waals surface area contributed by atoms with Crippen molar-refractivity contribution in [1.82, 2.24) is 25.4 Å². The second-order valence-electron chi connectivity index (χ2n) is 8.73. The molecule has 3 aromatic heterocycles. The van der Waals surface area contributed by atoms with Crippen LogP contribution in [0.15, 0.2) is 48.9 Å². The van der Waals surface area contributed by atoms with Gasteiger partial charge in [0.2, 0.25) is 11.9 Å². The number of carbonyl (C=O) groups excluding carboxylic acids is 1. The molecule has 0 saturated carbocycles. The van der Waals surface area contributed by atoms with Crippen LogP contribution in [0.25, 0.3) is 10.2 Å². The van der Waals surface area contributed by atoms with Crippen LogP contribution in [0.1, 0.15) is 32.5 Å². The van der Waals surface area contributed by atoms with Crippen LogP contribution in [0.5, 0.6) is 0 Å². The third kappa shape index (κ3) is 5.67. The second kappa shape index (κ2) is 11.1. The highest BCUT2D eigenvalue weighted by molar-refractivity contribution is 7.19. The molecule has 0 spiro atoms. The van der Waals surface area contributed by atoms with E-state index < -0.39 is 5.91 Å². The molecule has 1 aliphatic heterocycles. The Labute approximate surface area is 217 Å². The minimum absolute atomic E-state index is 0.0896. The number of anilines is 2. The maximum Gasteiger partial charge on any atom is 0.277 e. The fourth-order valence-electron chi connectivity index (χ4n) is 4.22. The predicted molar refractivity (Wildman–Crippen MR) is 139 cm³/mol. The van der Waals surface area contributed by atoms with Gasteiger partial charge in [-0.15, -0.1) is 11.3 Å². The summed E-state index contributed by atoms with van der Waals surface area (Å²) in [5, 5.41) is 18.0. The molecule has 1 aromatic carbocycles. The first-order valence-electron chi connectivity index (χ1n) is 11.8. The van der Waals surface area contributed by atoms with Gasteiger partial charge in [-0.2, -0.15) is 0 Å². The first-order chi connectivity index (χ1) is 18.0. The molecule has 0 aliphatic carbocycles. The number of morpholine rings is 1. The maximum absolute atomic E-state index is 11.5. The summed E-state index contributed by atoms with van der Waals surface area (Å²) in [6, 6.07) is 10.2. The van der Waals surface area contributed by atoms with Gasteiger partial charge in [-0.1, -0.05) is 24.3 Å². The van der Waals surface area contributed by atoms with E-state index in [9.17, 15) is 9.90 Å². The Balaban J connectivity index is 1.28. The average Bonchev–Trinajstić information content (AvgIpc) is 3.34. The lowest BCUT2D eigenvalue weighted by Gasteiger charge is -2.33. The SMILES string of the molecule is CN(Cc1cc2nc(N3CCOC(c4cccc(CCO)c4)C3)ncc2s1)c1ncc(C(=O)NO)cn1. The van der Waals surface area contributed by atoms with Gasteiger partial charge in [0.05, 0.1) is 41.7 Å². The lowest BCUT2D eigenvalue weighted by molar-refractivity contribution is 0.0392. The number of hydrogen-bond donors (Lipinski definition) is 3. The van der Waals surface area contributed by atoms with E-state index in [0.29, 0.717) is 44.6 Å². The molecule has 1 atom stereocenters. The van der Waals surface area contributed by atoms with E-state index >= 15 is 0 Å². The molecule has 4 aromatic rings. The second-order valence-corrected chi connectivity index (χ2v) is 9.89. The summed E-state index contributed by atoms with van der Waals surface area (Å²) in [4.78, 5) is 34.4. The standard InChI is InChI=1S/C25H27N7O4S/c1-31(24-26-11-18(12-27-24)23(34)30-35)14-19-10-20-22(37-19)13-28-25(29-20)32-6-8-36-21(15-32)17-4-2-3-16(9-17)5-7-33/h2-4,9-13,21,33,35H,5-8,14-15H2,1H3,(H,30,34). The fraction of sp³-hybridized carbons (Fsp3) is 0.320. The summed E-state index contributed by atoms with van der Waals surface area (Å²) < 4.78 is 7.03. The first kappa shape index (κ1) is 25.0. The summed E-state index contributed by atoms with van der Waals surface area (Å²) in [6.07, 6.45) is 5.12. The van der Waals surface area contributed by atoms with Gasteiger partial charge in [0, 0.05) is 37.5 Å². The van der Waals surface area contributed by atoms with Crippen molar-refractivity contribution in [3.63, 3.8) is 0 Å². The number of aromatic nitrogens is 4. The Morgan fingerprint density at radius 2 is 2.08 bits per heavy atom. The number of thiophene rings is 1. The number of aliphatic hydroxyl groups excluding tert-OH is 1. The van der Waals surface area contributed by atoms with E-state index in [4.69, 9.17) is 14.9 Å². The zero-order valence-corrected chi connectivity index (χ0v) is 21.1. The van der Waals surface area contributed by atoms with E-state index in [-0.39, 0.29) is 18.3 Å². The van der Waals surface area contributed by atoms with Gasteiger partial charge < -0.3 is 19.6 Å². The smallest absolute Gasteiger partial charge is 0.277 e. The van der Waals surface area contributed by atoms with E-state index in [1.807, 2.05) is 36.3 Å². The van der Waals surface area contributed by atoms with E-state index in [2.05, 4.69) is 32.0 Å². The molecule has 0 bridgehead atoms. The van der Waals surface area contributed by atoms with Crippen molar-refractivity contribution in [2.24, 2.45) is 0 Å². The van der Waals surface area contributed by atoms with Gasteiger partial charge in [0.25, 0.3) is 5.91 Å². The molecule has 1 aliphatic rings. The fourth-order valence-corrected chi connectivity index (χ4v) is 5.25. The third-order valence-corrected chi connectivity index (χ3v) is 7.16. The largest absolute Gasteiger partial charge is 0.396 e. The van der Waals surface area contributed by atoms with Crippen LogP contribution in [0.4, 0.5) is 11.9 Å². The van der Waals surface area contributed by atoms with Crippen LogP contribution in [-0.2, 0) is 17.7 Å². The maximum atomic E-state index is 11.5. The number of carbonyl (C=O) groups is 1. The third-order valence-electron chi connectivity index (χ3n) is 6.12. The summed E-state index contributed by atoms with van der Waals surface area (Å²) >= 11 is 1.61. The van der Waals surface area contributed by atoms with Crippen molar-refractivity contribution in [3.05, 3.63) is 70.5 Å². The number of ether oxygens (including phenoxy) is 1. The number of hydrogen-bond acceptors (Lipinski definition) is 11. The molecule has 3 N–H and O–H groups in total. The summed E-state index contributed by atoms with van der Waals surface area (Å²) in [5.74, 6) is 0.474. The van der Waals surface area contributed by atoms with Gasteiger partial charge in [-0.25, -0.2) is 25.4 Å². The lowest BCUT2D eigenvalue weighted by Crippen LogP contribution is -2.39. The first-order valence-corrected chi connectivity index (χ1v) is 12.6. The predicted octanol–water partition coefficient (Wildman–Crippen LogP) is 2.35. The molecule has 4 heterocycles. The van der Waals surface area contributed by atoms with E-state index in [1.165, 1.54) is 12.4 Å². The van der Waals surface area contributed by atoms with Gasteiger partial charge in [0.1, 0.15) is 6.10 Å². The molecule has 5 rings (SSSR count). The van der Waals surface area contributed by atoms with E-state index in [1.54, 1.807) is 16.8 Å². The molecule has 1 unspecified atom stereocenters. The highest BCUT2D eigenvalue weighted by atomic mass is 32.1. The number of benzene rings is 1. The normalized spacial score (nSPS) is 15.6. The molecule has 1 saturated heterocycles. The van der Waals surface area contributed by atoms with Crippen LogP contribution >= 0.6 is 11.3 Å². The number of rotatable bonds is 8. The van der Waals surface area contributed by atoms with E-state index in [0.717, 1.165) is 26.2 Å². The Morgan fingerprint density at radius 1 is 1.24 bits per heavy atom. The van der Waals surface area contributed by atoms with Crippen LogP contribution in [-0.4, -0.2) is 69.5 Å². The highest BCUT2D eigenvalue weighted by Crippen LogP contribution is 2.29. The molecule has 12 heteroatoms. The Bertz CT molecular complexity index is 1380. The van der Waals surface area contributed by atoms with Crippen molar-refractivity contribution in [1.29, 1.82) is 0 Å². The van der Waals surface area contributed by atoms with Crippen LogP contribution < -0.4 is 15.3 Å². The summed E-state index contributed by atoms with van der Waals surface area (Å²) in [7, 11) is 1.87. The molecule has 11 nitrogen and oxygen atoms in total. The molecular weight excluding hydrogens is 494 g/mol. The van der Waals surface area contributed by atoms with Gasteiger partial charge >= 0.3 is 0 Å². The number of amides is 1. The van der Waals surface area contributed by atoms with Crippen LogP contribution in [0.3, 0.4) is 0 Å². The highest BCUT2D eigenvalue weighted by Gasteiger charge is 2.24. The number of aliphatic hydroxyl groups is 1. The zero-order valence-electron chi connectivity index (χ0n) is 20.2. The number of nitrogens with one attached hydrogen (secondary N) is 1. The molecule has 1 amide bonds. The van der Waals surface area contributed by atoms with Crippen molar-refractivity contribution in [3.8, 4) is 0 Å². The molecule has 0 radical (unpaired) electrons. The van der Waals surface area contributed by atoms with Gasteiger partial charge in [-0.05, 0) is 23.6 Å². The Kier molecular flexibility index (Phi) is 7.51. The zero-order chi connectivity index (χ0) is 25.8. The summed E-state index contributed by atoms with van der Waals surface area (Å²) in [6.45, 7) is 2.62. The van der Waals surface area contributed by atoms with Crippen molar-refractivity contribution < 1.29 is 19.8 Å². The molecule has 192 valence electrons. The Hall–Kier alpha value is -3.71. The quantitative estimate of drug-likeness (QED) is 0.234. The number of nitrogens with zero attached hydrogens (tertiary/aromatic N) is 6.